The van der Waals surface area contributed by atoms with Gasteiger partial charge in [0.2, 0.25) is 5.89 Å². The fraction of sp³-hybridized carbons (Fsp3) is 0.417. The SMILES string of the molecule is O=C(NCc1cccs1)c1noc(C2CCCN2)n1. The first-order valence-corrected chi connectivity index (χ1v) is 7.08. The van der Waals surface area contributed by atoms with Crippen molar-refractivity contribution in [1.29, 1.82) is 0 Å². The van der Waals surface area contributed by atoms with Crippen molar-refractivity contribution in [3.05, 3.63) is 34.1 Å². The maximum atomic E-state index is 11.9. The van der Waals surface area contributed by atoms with Crippen molar-refractivity contribution in [1.82, 2.24) is 20.8 Å². The Kier molecular flexibility index (Phi) is 3.56. The molecule has 0 aliphatic carbocycles. The summed E-state index contributed by atoms with van der Waals surface area (Å²) < 4.78 is 5.12. The van der Waals surface area contributed by atoms with Crippen LogP contribution in [0.25, 0.3) is 0 Å². The number of thiophene rings is 1. The van der Waals surface area contributed by atoms with Crippen LogP contribution in [-0.4, -0.2) is 22.6 Å². The predicted octanol–water partition coefficient (Wildman–Crippen LogP) is 1.49. The van der Waals surface area contributed by atoms with E-state index in [2.05, 4.69) is 20.8 Å². The summed E-state index contributed by atoms with van der Waals surface area (Å²) in [5, 5.41) is 11.7. The molecule has 1 amide bonds. The molecule has 6 nitrogen and oxygen atoms in total. The second-order valence-electron chi connectivity index (χ2n) is 4.37. The van der Waals surface area contributed by atoms with Gasteiger partial charge in [-0.3, -0.25) is 4.79 Å². The van der Waals surface area contributed by atoms with E-state index >= 15 is 0 Å². The van der Waals surface area contributed by atoms with Crippen LogP contribution >= 0.6 is 11.3 Å². The number of nitrogens with zero attached hydrogens (tertiary/aromatic N) is 2. The van der Waals surface area contributed by atoms with E-state index in [4.69, 9.17) is 4.52 Å². The number of hydrogen-bond acceptors (Lipinski definition) is 6. The first kappa shape index (κ1) is 12.3. The highest BCUT2D eigenvalue weighted by atomic mass is 32.1. The molecule has 1 unspecified atom stereocenters. The van der Waals surface area contributed by atoms with E-state index in [9.17, 15) is 4.79 Å². The lowest BCUT2D eigenvalue weighted by atomic mass is 10.2. The first-order chi connectivity index (χ1) is 9.33. The van der Waals surface area contributed by atoms with Crippen molar-refractivity contribution < 1.29 is 9.32 Å². The minimum Gasteiger partial charge on any atom is -0.344 e. The van der Waals surface area contributed by atoms with Gasteiger partial charge in [0.25, 0.3) is 11.7 Å². The Balaban J connectivity index is 1.60. The first-order valence-electron chi connectivity index (χ1n) is 6.20. The van der Waals surface area contributed by atoms with E-state index in [0.717, 1.165) is 24.3 Å². The van der Waals surface area contributed by atoms with Gasteiger partial charge in [0.1, 0.15) is 0 Å². The molecule has 1 aliphatic rings. The van der Waals surface area contributed by atoms with Crippen LogP contribution in [0, 0.1) is 0 Å². The highest BCUT2D eigenvalue weighted by Crippen LogP contribution is 2.21. The predicted molar refractivity (Wildman–Crippen MR) is 69.8 cm³/mol. The Morgan fingerprint density at radius 2 is 2.58 bits per heavy atom. The average Bonchev–Trinajstić information content (AvgIpc) is 3.14. The molecular formula is C12H14N4O2S. The molecule has 3 rings (SSSR count). The second-order valence-corrected chi connectivity index (χ2v) is 5.40. The smallest absolute Gasteiger partial charge is 0.292 e. The van der Waals surface area contributed by atoms with Crippen LogP contribution in [0.3, 0.4) is 0 Å². The fourth-order valence-electron chi connectivity index (χ4n) is 2.02. The molecule has 1 aliphatic heterocycles. The maximum Gasteiger partial charge on any atom is 0.292 e. The summed E-state index contributed by atoms with van der Waals surface area (Å²) in [7, 11) is 0. The van der Waals surface area contributed by atoms with Gasteiger partial charge in [0.05, 0.1) is 12.6 Å². The number of amides is 1. The van der Waals surface area contributed by atoms with Crippen LogP contribution in [0.5, 0.6) is 0 Å². The molecule has 0 aromatic carbocycles. The third-order valence-electron chi connectivity index (χ3n) is 3.01. The van der Waals surface area contributed by atoms with Crippen molar-refractivity contribution >= 4 is 17.2 Å². The highest BCUT2D eigenvalue weighted by molar-refractivity contribution is 7.09. The summed E-state index contributed by atoms with van der Waals surface area (Å²) in [6.45, 7) is 1.44. The normalized spacial score (nSPS) is 18.6. The molecule has 2 N–H and O–H groups in total. The lowest BCUT2D eigenvalue weighted by molar-refractivity contribution is 0.0938. The van der Waals surface area contributed by atoms with E-state index in [1.54, 1.807) is 11.3 Å². The Morgan fingerprint density at radius 3 is 3.32 bits per heavy atom. The minimum atomic E-state index is -0.304. The molecule has 3 heterocycles. The van der Waals surface area contributed by atoms with Crippen LogP contribution < -0.4 is 10.6 Å². The van der Waals surface area contributed by atoms with Crippen LogP contribution in [-0.2, 0) is 6.54 Å². The van der Waals surface area contributed by atoms with E-state index in [1.165, 1.54) is 0 Å². The molecule has 7 heteroatoms. The van der Waals surface area contributed by atoms with Crippen LogP contribution in [0.15, 0.2) is 22.0 Å². The Morgan fingerprint density at radius 1 is 1.63 bits per heavy atom. The van der Waals surface area contributed by atoms with Crippen molar-refractivity contribution in [3.8, 4) is 0 Å². The van der Waals surface area contributed by atoms with Crippen LogP contribution in [0.4, 0.5) is 0 Å². The molecule has 19 heavy (non-hydrogen) atoms. The number of carbonyl (C=O) groups is 1. The number of aromatic nitrogens is 2. The van der Waals surface area contributed by atoms with Gasteiger partial charge in [-0.1, -0.05) is 11.2 Å². The molecule has 0 spiro atoms. The number of carbonyl (C=O) groups excluding carboxylic acids is 1. The molecular weight excluding hydrogens is 264 g/mol. The van der Waals surface area contributed by atoms with E-state index in [0.29, 0.717) is 12.4 Å². The topological polar surface area (TPSA) is 80.0 Å². The summed E-state index contributed by atoms with van der Waals surface area (Å²) in [6, 6.07) is 4.01. The molecule has 1 atom stereocenters. The summed E-state index contributed by atoms with van der Waals surface area (Å²) in [6.07, 6.45) is 2.06. The van der Waals surface area contributed by atoms with Crippen molar-refractivity contribution in [2.24, 2.45) is 0 Å². The Labute approximate surface area is 114 Å². The minimum absolute atomic E-state index is 0.0892. The maximum absolute atomic E-state index is 11.9. The average molecular weight is 278 g/mol. The quantitative estimate of drug-likeness (QED) is 0.885. The van der Waals surface area contributed by atoms with Crippen molar-refractivity contribution in [2.75, 3.05) is 6.54 Å². The molecule has 0 saturated carbocycles. The lowest BCUT2D eigenvalue weighted by Gasteiger charge is -2.01. The van der Waals surface area contributed by atoms with E-state index in [-0.39, 0.29) is 17.8 Å². The standard InChI is InChI=1S/C12H14N4O2S/c17-11(14-7-8-3-2-6-19-8)10-15-12(18-16-10)9-4-1-5-13-9/h2-3,6,9,13H,1,4-5,7H2,(H,14,17). The molecule has 2 aromatic heterocycles. The van der Waals surface area contributed by atoms with Crippen molar-refractivity contribution in [2.45, 2.75) is 25.4 Å². The highest BCUT2D eigenvalue weighted by Gasteiger charge is 2.24. The zero-order valence-corrected chi connectivity index (χ0v) is 11.1. The monoisotopic (exact) mass is 278 g/mol. The summed E-state index contributed by atoms with van der Waals surface area (Å²) in [4.78, 5) is 17.1. The second kappa shape index (κ2) is 5.50. The fourth-order valence-corrected chi connectivity index (χ4v) is 2.67. The summed E-state index contributed by atoms with van der Waals surface area (Å²) in [5.74, 6) is 0.292. The Hall–Kier alpha value is -1.73. The van der Waals surface area contributed by atoms with Crippen LogP contribution in [0.2, 0.25) is 0 Å². The molecule has 0 bridgehead atoms. The molecule has 0 radical (unpaired) electrons. The number of rotatable bonds is 4. The third-order valence-corrected chi connectivity index (χ3v) is 3.88. The molecule has 2 aromatic rings. The van der Waals surface area contributed by atoms with Gasteiger partial charge in [-0.25, -0.2) is 0 Å². The van der Waals surface area contributed by atoms with Gasteiger partial charge in [0.15, 0.2) is 0 Å². The third kappa shape index (κ3) is 2.82. The lowest BCUT2D eigenvalue weighted by Crippen LogP contribution is -2.23. The van der Waals surface area contributed by atoms with Gasteiger partial charge in [-0.15, -0.1) is 11.3 Å². The Bertz CT molecular complexity index is 546. The van der Waals surface area contributed by atoms with Gasteiger partial charge < -0.3 is 15.2 Å². The zero-order valence-electron chi connectivity index (χ0n) is 10.3. The van der Waals surface area contributed by atoms with Gasteiger partial charge >= 0.3 is 0 Å². The van der Waals surface area contributed by atoms with E-state index < -0.39 is 0 Å². The molecule has 1 saturated heterocycles. The van der Waals surface area contributed by atoms with Gasteiger partial charge in [-0.2, -0.15) is 4.98 Å². The summed E-state index contributed by atoms with van der Waals surface area (Å²) >= 11 is 1.60. The van der Waals surface area contributed by atoms with Gasteiger partial charge in [0, 0.05) is 4.88 Å². The van der Waals surface area contributed by atoms with E-state index in [1.807, 2.05) is 17.5 Å². The van der Waals surface area contributed by atoms with Crippen LogP contribution in [0.1, 0.15) is 40.3 Å². The summed E-state index contributed by atoms with van der Waals surface area (Å²) in [5.41, 5.74) is 0. The van der Waals surface area contributed by atoms with Gasteiger partial charge in [-0.05, 0) is 30.8 Å². The zero-order chi connectivity index (χ0) is 13.1. The molecule has 1 fully saturated rings. The number of nitrogens with one attached hydrogen (secondary N) is 2. The largest absolute Gasteiger partial charge is 0.344 e. The molecule has 100 valence electrons. The van der Waals surface area contributed by atoms with Crippen molar-refractivity contribution in [3.63, 3.8) is 0 Å². The number of hydrogen-bond donors (Lipinski definition) is 2.